The molecule has 1 unspecified atom stereocenters. The molecule has 1 atom stereocenters. The molecule has 1 amide bonds. The number of benzene rings is 2. The van der Waals surface area contributed by atoms with Gasteiger partial charge in [-0.25, -0.2) is 13.1 Å². The van der Waals surface area contributed by atoms with Crippen LogP contribution in [-0.4, -0.2) is 55.3 Å². The first-order valence-electron chi connectivity index (χ1n) is 12.5. The van der Waals surface area contributed by atoms with Crippen LogP contribution in [-0.2, 0) is 21.3 Å². The predicted octanol–water partition coefficient (Wildman–Crippen LogP) is 4.72. The van der Waals surface area contributed by atoms with Crippen LogP contribution < -0.4 is 14.8 Å². The van der Waals surface area contributed by atoms with Crippen LogP contribution in [0.3, 0.4) is 0 Å². The highest BCUT2D eigenvalue weighted by Gasteiger charge is 2.35. The van der Waals surface area contributed by atoms with Crippen molar-refractivity contribution in [1.29, 1.82) is 0 Å². The Bertz CT molecular complexity index is 1460. The van der Waals surface area contributed by atoms with Crippen LogP contribution >= 0.6 is 0 Å². The average Bonchev–Trinajstić information content (AvgIpc) is 3.56. The van der Waals surface area contributed by atoms with E-state index in [1.54, 1.807) is 53.2 Å². The Morgan fingerprint density at radius 2 is 1.93 bits per heavy atom. The summed E-state index contributed by atoms with van der Waals surface area (Å²) < 4.78 is 76.4. The molecule has 1 fully saturated rings. The lowest BCUT2D eigenvalue weighted by atomic mass is 10.1. The van der Waals surface area contributed by atoms with Crippen LogP contribution in [0.4, 0.5) is 13.2 Å². The van der Waals surface area contributed by atoms with Gasteiger partial charge in [-0.15, -0.1) is 0 Å². The van der Waals surface area contributed by atoms with Gasteiger partial charge in [0, 0.05) is 42.6 Å². The fourth-order valence-electron chi connectivity index (χ4n) is 4.12. The van der Waals surface area contributed by atoms with E-state index in [0.717, 1.165) is 19.4 Å². The molecular weight excluding hydrogens is 549 g/mol. The summed E-state index contributed by atoms with van der Waals surface area (Å²) in [6.45, 7) is 7.11. The molecule has 0 saturated carbocycles. The summed E-state index contributed by atoms with van der Waals surface area (Å²) in [6.07, 6.45) is -2.90. The maximum Gasteiger partial charge on any atom is 0.404 e. The predicted molar refractivity (Wildman–Crippen MR) is 143 cm³/mol. The van der Waals surface area contributed by atoms with E-state index >= 15 is 0 Å². The Hall–Kier alpha value is -3.84. The molecule has 9 nitrogen and oxygen atoms in total. The number of halogens is 3. The van der Waals surface area contributed by atoms with Crippen LogP contribution in [0.1, 0.15) is 35.7 Å². The molecule has 3 aromatic rings. The molecule has 0 aliphatic carbocycles. The number of carbonyl (C=O) groups excluding carboxylic acids is 1. The molecule has 1 saturated heterocycles. The van der Waals surface area contributed by atoms with Gasteiger partial charge in [0.15, 0.2) is 5.75 Å². The first kappa shape index (κ1) is 29.2. The molecule has 13 heteroatoms. The van der Waals surface area contributed by atoms with Crippen molar-refractivity contribution in [2.24, 2.45) is 0 Å². The Labute approximate surface area is 230 Å². The zero-order valence-electron chi connectivity index (χ0n) is 21.7. The zero-order chi connectivity index (χ0) is 28.9. The van der Waals surface area contributed by atoms with Crippen LogP contribution in [0.2, 0.25) is 0 Å². The van der Waals surface area contributed by atoms with E-state index in [-0.39, 0.29) is 23.3 Å². The molecule has 0 bridgehead atoms. The molecule has 0 radical (unpaired) electrons. The molecule has 2 aromatic carbocycles. The van der Waals surface area contributed by atoms with Crippen LogP contribution in [0.25, 0.3) is 17.0 Å². The number of hydrogen-bond acceptors (Lipinski definition) is 6. The summed E-state index contributed by atoms with van der Waals surface area (Å²) in [4.78, 5) is 12.4. The number of hydrogen-bond donors (Lipinski definition) is 2. The van der Waals surface area contributed by atoms with Gasteiger partial charge >= 0.3 is 6.18 Å². The summed E-state index contributed by atoms with van der Waals surface area (Å²) in [7, 11) is -4.67. The largest absolute Gasteiger partial charge is 0.439 e. The fourth-order valence-corrected chi connectivity index (χ4v) is 5.12. The van der Waals surface area contributed by atoms with Crippen molar-refractivity contribution in [1.82, 2.24) is 19.8 Å². The number of rotatable bonds is 11. The number of carbonyl (C=O) groups is 1. The van der Waals surface area contributed by atoms with Crippen molar-refractivity contribution in [3.05, 3.63) is 72.3 Å². The highest BCUT2D eigenvalue weighted by Crippen LogP contribution is 2.29. The molecule has 214 valence electrons. The molecule has 40 heavy (non-hydrogen) atoms. The monoisotopic (exact) mass is 578 g/mol. The molecule has 2 heterocycles. The lowest BCUT2D eigenvalue weighted by molar-refractivity contribution is -0.106. The third-order valence-corrected chi connectivity index (χ3v) is 7.30. The van der Waals surface area contributed by atoms with Gasteiger partial charge in [0.1, 0.15) is 5.75 Å². The van der Waals surface area contributed by atoms with Crippen LogP contribution in [0.5, 0.6) is 11.6 Å². The second-order valence-corrected chi connectivity index (χ2v) is 10.9. The summed E-state index contributed by atoms with van der Waals surface area (Å²) in [6, 6.07) is 14.8. The second kappa shape index (κ2) is 12.1. The van der Waals surface area contributed by atoms with Crippen molar-refractivity contribution in [2.75, 3.05) is 18.9 Å². The average molecular weight is 579 g/mol. The second-order valence-electron chi connectivity index (χ2n) is 9.19. The highest BCUT2D eigenvalue weighted by molar-refractivity contribution is 7.89. The zero-order valence-corrected chi connectivity index (χ0v) is 22.5. The number of nitrogens with one attached hydrogen (secondary N) is 2. The van der Waals surface area contributed by atoms with Crippen LogP contribution in [0, 0.1) is 0 Å². The minimum absolute atomic E-state index is 0.0486. The Morgan fingerprint density at radius 1 is 1.18 bits per heavy atom. The van der Waals surface area contributed by atoms with Crippen molar-refractivity contribution < 1.29 is 35.9 Å². The SMILES string of the molecule is C=C(NS(=O)(=O)CC(F)(F)F)c1cccc(-c2cc(Oc3ccc(C(=O)NCC4CCCO4)cc3)n(CC)n2)c1. The van der Waals surface area contributed by atoms with Gasteiger partial charge < -0.3 is 14.8 Å². The minimum atomic E-state index is -4.88. The third-order valence-electron chi connectivity index (χ3n) is 6.03. The number of aromatic nitrogens is 2. The Morgan fingerprint density at radius 3 is 2.58 bits per heavy atom. The van der Waals surface area contributed by atoms with Gasteiger partial charge in [0.2, 0.25) is 15.9 Å². The quantitative estimate of drug-likeness (QED) is 0.341. The lowest BCUT2D eigenvalue weighted by Gasteiger charge is -2.13. The minimum Gasteiger partial charge on any atom is -0.439 e. The summed E-state index contributed by atoms with van der Waals surface area (Å²) in [5.74, 6) is -1.31. The normalized spacial score (nSPS) is 15.6. The van der Waals surface area contributed by atoms with Crippen LogP contribution in [0.15, 0.2) is 61.2 Å². The summed E-state index contributed by atoms with van der Waals surface area (Å²) >= 11 is 0. The first-order chi connectivity index (χ1) is 18.9. The topological polar surface area (TPSA) is 112 Å². The summed E-state index contributed by atoms with van der Waals surface area (Å²) in [5.41, 5.74) is 1.64. The van der Waals surface area contributed by atoms with Crippen molar-refractivity contribution >= 4 is 21.6 Å². The van der Waals surface area contributed by atoms with E-state index in [4.69, 9.17) is 9.47 Å². The molecular formula is C27H29F3N4O5S. The van der Waals surface area contributed by atoms with E-state index in [0.29, 0.717) is 41.5 Å². The van der Waals surface area contributed by atoms with Gasteiger partial charge in [0.25, 0.3) is 5.91 Å². The standard InChI is InChI=1S/C27H29F3N4O5S/c1-3-34-25(39-22-11-9-19(10-12-22)26(35)31-16-23-8-5-13-38-23)15-24(32-34)21-7-4-6-20(14-21)18(2)33-40(36,37)17-27(28,29)30/h4,6-7,9-12,14-15,23,33H,2-3,5,8,13,16-17H2,1H3,(H,31,35). The van der Waals surface area contributed by atoms with E-state index in [1.165, 1.54) is 6.07 Å². The molecule has 4 rings (SSSR count). The van der Waals surface area contributed by atoms with Crippen molar-refractivity contribution in [3.8, 4) is 22.9 Å². The smallest absolute Gasteiger partial charge is 0.404 e. The van der Waals surface area contributed by atoms with Gasteiger partial charge in [-0.05, 0) is 55.7 Å². The lowest BCUT2D eigenvalue weighted by Crippen LogP contribution is -2.32. The number of ether oxygens (including phenoxy) is 2. The molecule has 1 aliphatic heterocycles. The van der Waals surface area contributed by atoms with Gasteiger partial charge in [0.05, 0.1) is 11.8 Å². The van der Waals surface area contributed by atoms with Gasteiger partial charge in [-0.2, -0.15) is 18.3 Å². The van der Waals surface area contributed by atoms with Crippen molar-refractivity contribution in [3.63, 3.8) is 0 Å². The number of sulfonamides is 1. The van der Waals surface area contributed by atoms with E-state index < -0.39 is 22.0 Å². The van der Waals surface area contributed by atoms with E-state index in [1.807, 2.05) is 11.6 Å². The van der Waals surface area contributed by atoms with Gasteiger partial charge in [-0.1, -0.05) is 24.8 Å². The first-order valence-corrected chi connectivity index (χ1v) is 14.2. The number of amides is 1. The Balaban J connectivity index is 1.44. The number of alkyl halides is 3. The fraction of sp³-hybridized carbons (Fsp3) is 0.333. The van der Waals surface area contributed by atoms with Gasteiger partial charge in [-0.3, -0.25) is 9.52 Å². The molecule has 2 N–H and O–H groups in total. The summed E-state index contributed by atoms with van der Waals surface area (Å²) in [5, 5.41) is 7.40. The maximum absolute atomic E-state index is 12.6. The van der Waals surface area contributed by atoms with E-state index in [9.17, 15) is 26.4 Å². The molecule has 1 aliphatic rings. The molecule has 1 aromatic heterocycles. The highest BCUT2D eigenvalue weighted by atomic mass is 32.2. The van der Waals surface area contributed by atoms with E-state index in [2.05, 4.69) is 17.0 Å². The third kappa shape index (κ3) is 7.85. The number of aryl methyl sites for hydroxylation is 1. The maximum atomic E-state index is 12.6. The molecule has 0 spiro atoms. The van der Waals surface area contributed by atoms with Crippen molar-refractivity contribution in [2.45, 2.75) is 38.6 Å². The number of nitrogens with zero attached hydrogens (tertiary/aromatic N) is 2. The Kier molecular flexibility index (Phi) is 8.84.